The minimum absolute atomic E-state index is 0. The summed E-state index contributed by atoms with van der Waals surface area (Å²) in [6.07, 6.45) is 9.45. The Balaban J connectivity index is 0.00000576. The maximum absolute atomic E-state index is 10.6. The van der Waals surface area contributed by atoms with Gasteiger partial charge in [-0.05, 0) is 49.3 Å². The summed E-state index contributed by atoms with van der Waals surface area (Å²) >= 11 is 0. The second kappa shape index (κ2) is 14.0. The van der Waals surface area contributed by atoms with Crippen molar-refractivity contribution in [1.82, 2.24) is 0 Å². The van der Waals surface area contributed by atoms with E-state index in [1.807, 2.05) is 6.07 Å². The van der Waals surface area contributed by atoms with E-state index >= 15 is 0 Å². The van der Waals surface area contributed by atoms with E-state index in [2.05, 4.69) is 26.0 Å². The van der Waals surface area contributed by atoms with Gasteiger partial charge in [-0.25, -0.2) is 8.42 Å². The zero-order valence-corrected chi connectivity index (χ0v) is 18.9. The maximum atomic E-state index is 10.6. The molecule has 0 aliphatic heterocycles. The van der Waals surface area contributed by atoms with Crippen molar-refractivity contribution in [3.63, 3.8) is 0 Å². The van der Waals surface area contributed by atoms with E-state index in [-0.39, 0.29) is 48.3 Å². The van der Waals surface area contributed by atoms with Gasteiger partial charge in [-0.3, -0.25) is 0 Å². The molecule has 6 heteroatoms. The molecule has 1 aromatic rings. The second-order valence-corrected chi connectivity index (χ2v) is 7.84. The van der Waals surface area contributed by atoms with Gasteiger partial charge in [0.25, 0.3) is 0 Å². The largest absolute Gasteiger partial charge is 1.00 e. The Labute approximate surface area is 175 Å². The van der Waals surface area contributed by atoms with E-state index < -0.39 is 10.1 Å². The molecule has 138 valence electrons. The maximum Gasteiger partial charge on any atom is 1.00 e. The standard InChI is InChI=1S/C19H32O4S.Na/c1-3-5-7-10-17-12-13-19(18(16-17)11-8-6-4-2)23-14-9-15-24(20,21)22;/h12-13,16H,3-11,14-15H2,1-2H3,(H,20,21,22);/q;+1/p-1. The Morgan fingerprint density at radius 1 is 0.960 bits per heavy atom. The third kappa shape index (κ3) is 12.0. The summed E-state index contributed by atoms with van der Waals surface area (Å²) in [6.45, 7) is 4.65. The summed E-state index contributed by atoms with van der Waals surface area (Å²) in [5, 5.41) is 0. The van der Waals surface area contributed by atoms with Gasteiger partial charge in [-0.1, -0.05) is 51.7 Å². The summed E-state index contributed by atoms with van der Waals surface area (Å²) in [5.74, 6) is 0.460. The summed E-state index contributed by atoms with van der Waals surface area (Å²) in [7, 11) is -4.16. The quantitative estimate of drug-likeness (QED) is 0.296. The normalized spacial score (nSPS) is 11.2. The number of hydrogen-bond acceptors (Lipinski definition) is 4. The van der Waals surface area contributed by atoms with E-state index in [0.29, 0.717) is 0 Å². The van der Waals surface area contributed by atoms with Crippen LogP contribution in [0.5, 0.6) is 5.75 Å². The Bertz CT molecular complexity index is 573. The van der Waals surface area contributed by atoms with Crippen molar-refractivity contribution in [3.05, 3.63) is 29.3 Å². The molecule has 0 saturated carbocycles. The zero-order valence-electron chi connectivity index (χ0n) is 16.1. The van der Waals surface area contributed by atoms with Gasteiger partial charge < -0.3 is 9.29 Å². The monoisotopic (exact) mass is 378 g/mol. The Morgan fingerprint density at radius 2 is 1.60 bits per heavy atom. The predicted octanol–water partition coefficient (Wildman–Crippen LogP) is 1.47. The Kier molecular flexibility index (Phi) is 14.0. The third-order valence-corrected chi connectivity index (χ3v) is 4.83. The molecular weight excluding hydrogens is 347 g/mol. The van der Waals surface area contributed by atoms with Crippen molar-refractivity contribution in [2.75, 3.05) is 12.4 Å². The average molecular weight is 379 g/mol. The van der Waals surface area contributed by atoms with Gasteiger partial charge in [0.05, 0.1) is 16.7 Å². The molecule has 0 aliphatic rings. The fourth-order valence-electron chi connectivity index (χ4n) is 2.69. The van der Waals surface area contributed by atoms with Gasteiger partial charge in [-0.15, -0.1) is 0 Å². The van der Waals surface area contributed by atoms with Crippen LogP contribution in [0.3, 0.4) is 0 Å². The van der Waals surface area contributed by atoms with Gasteiger partial charge in [0.15, 0.2) is 0 Å². The van der Waals surface area contributed by atoms with Crippen LogP contribution in [-0.2, 0) is 23.0 Å². The minimum Gasteiger partial charge on any atom is -0.748 e. The molecule has 0 heterocycles. The van der Waals surface area contributed by atoms with Crippen LogP contribution in [0.25, 0.3) is 0 Å². The van der Waals surface area contributed by atoms with Crippen molar-refractivity contribution in [2.24, 2.45) is 0 Å². The van der Waals surface area contributed by atoms with Gasteiger partial charge in [0, 0.05) is 5.75 Å². The number of benzene rings is 1. The summed E-state index contributed by atoms with van der Waals surface area (Å²) in [6, 6.07) is 6.32. The van der Waals surface area contributed by atoms with Gasteiger partial charge in [0.1, 0.15) is 5.75 Å². The zero-order chi connectivity index (χ0) is 17.8. The van der Waals surface area contributed by atoms with E-state index in [0.717, 1.165) is 25.0 Å². The van der Waals surface area contributed by atoms with Crippen LogP contribution in [0.15, 0.2) is 18.2 Å². The first kappa shape index (κ1) is 24.9. The molecule has 0 amide bonds. The molecule has 0 fully saturated rings. The summed E-state index contributed by atoms with van der Waals surface area (Å²) < 4.78 is 37.7. The number of unbranched alkanes of at least 4 members (excludes halogenated alkanes) is 4. The number of aryl methyl sites for hydroxylation is 2. The van der Waals surface area contributed by atoms with Crippen LogP contribution in [0.1, 0.15) is 69.9 Å². The first-order valence-corrected chi connectivity index (χ1v) is 10.7. The number of ether oxygens (including phenoxy) is 1. The van der Waals surface area contributed by atoms with E-state index in [1.165, 1.54) is 43.2 Å². The molecule has 25 heavy (non-hydrogen) atoms. The van der Waals surface area contributed by atoms with Gasteiger partial charge >= 0.3 is 29.6 Å². The van der Waals surface area contributed by atoms with Crippen molar-refractivity contribution >= 4 is 10.1 Å². The molecular formula is C19H31NaO4S. The molecule has 0 N–H and O–H groups in total. The second-order valence-electron chi connectivity index (χ2n) is 6.32. The van der Waals surface area contributed by atoms with E-state index in [1.54, 1.807) is 0 Å². The molecule has 0 spiro atoms. The predicted molar refractivity (Wildman–Crippen MR) is 97.6 cm³/mol. The van der Waals surface area contributed by atoms with Gasteiger partial charge in [-0.2, -0.15) is 0 Å². The van der Waals surface area contributed by atoms with Crippen LogP contribution >= 0.6 is 0 Å². The molecule has 1 aromatic carbocycles. The fraction of sp³-hybridized carbons (Fsp3) is 0.684. The smallest absolute Gasteiger partial charge is 0.748 e. The van der Waals surface area contributed by atoms with E-state index in [9.17, 15) is 13.0 Å². The van der Waals surface area contributed by atoms with E-state index in [4.69, 9.17) is 4.74 Å². The van der Waals surface area contributed by atoms with Crippen LogP contribution in [0.4, 0.5) is 0 Å². The van der Waals surface area contributed by atoms with Crippen molar-refractivity contribution in [1.29, 1.82) is 0 Å². The average Bonchev–Trinajstić information content (AvgIpc) is 2.52. The molecule has 4 nitrogen and oxygen atoms in total. The molecule has 0 radical (unpaired) electrons. The Hall–Kier alpha value is -0.0700. The van der Waals surface area contributed by atoms with Crippen molar-refractivity contribution in [2.45, 2.75) is 71.6 Å². The summed E-state index contributed by atoms with van der Waals surface area (Å²) in [5.41, 5.74) is 2.53. The molecule has 1 rings (SSSR count). The van der Waals surface area contributed by atoms with Crippen LogP contribution < -0.4 is 34.3 Å². The summed E-state index contributed by atoms with van der Waals surface area (Å²) in [4.78, 5) is 0. The minimum atomic E-state index is -4.16. The molecule has 0 unspecified atom stereocenters. The van der Waals surface area contributed by atoms with Crippen LogP contribution in [0, 0.1) is 0 Å². The molecule has 0 aromatic heterocycles. The van der Waals surface area contributed by atoms with Crippen molar-refractivity contribution < 1.29 is 47.3 Å². The third-order valence-electron chi connectivity index (χ3n) is 4.04. The Morgan fingerprint density at radius 3 is 2.20 bits per heavy atom. The number of rotatable bonds is 13. The van der Waals surface area contributed by atoms with Gasteiger partial charge in [0.2, 0.25) is 0 Å². The first-order valence-electron chi connectivity index (χ1n) is 9.14. The topological polar surface area (TPSA) is 66.4 Å². The molecule has 0 aliphatic carbocycles. The number of hydrogen-bond donors (Lipinski definition) is 0. The van der Waals surface area contributed by atoms with Crippen molar-refractivity contribution in [3.8, 4) is 5.75 Å². The molecule has 0 bridgehead atoms. The molecule has 0 atom stereocenters. The fourth-order valence-corrected chi connectivity index (χ4v) is 3.16. The van der Waals surface area contributed by atoms with Crippen LogP contribution in [0.2, 0.25) is 0 Å². The molecule has 0 saturated heterocycles. The first-order chi connectivity index (χ1) is 11.5. The van der Waals surface area contributed by atoms with Crippen LogP contribution in [-0.4, -0.2) is 25.3 Å². The SMILES string of the molecule is CCCCCc1ccc(OCCCS(=O)(=O)[O-])c(CCCCC)c1.[Na+].